The summed E-state index contributed by atoms with van der Waals surface area (Å²) in [6.45, 7) is 4.20. The van der Waals surface area contributed by atoms with Crippen LogP contribution in [-0.2, 0) is 22.5 Å². The van der Waals surface area contributed by atoms with Gasteiger partial charge in [-0.25, -0.2) is 14.4 Å². The maximum Gasteiger partial charge on any atom is 0.313 e. The van der Waals surface area contributed by atoms with Gasteiger partial charge < -0.3 is 4.74 Å². The van der Waals surface area contributed by atoms with Gasteiger partial charge in [0.2, 0.25) is 0 Å². The second-order valence-electron chi connectivity index (χ2n) is 7.16. The lowest BCUT2D eigenvalue weighted by Crippen LogP contribution is -2.49. The molecular weight excluding hydrogens is 377 g/mol. The van der Waals surface area contributed by atoms with Crippen molar-refractivity contribution in [1.82, 2.24) is 14.9 Å². The Labute approximate surface area is 169 Å². The van der Waals surface area contributed by atoms with Crippen LogP contribution in [0.3, 0.4) is 0 Å². The molecule has 0 spiro atoms. The first-order chi connectivity index (χ1) is 13.6. The number of carbonyl (C=O) groups is 1. The number of piperidine rings is 1. The quantitative estimate of drug-likeness (QED) is 0.399. The van der Waals surface area contributed by atoms with E-state index in [0.29, 0.717) is 38.1 Å². The van der Waals surface area contributed by atoms with Crippen LogP contribution in [0.4, 0.5) is 4.39 Å². The smallest absolute Gasteiger partial charge is 0.313 e. The molecule has 150 valence electrons. The van der Waals surface area contributed by atoms with E-state index in [4.69, 9.17) is 4.74 Å². The normalized spacial score (nSPS) is 20.1. The molecular formula is C21H26FN3O2S. The number of halogens is 1. The number of carbonyl (C=O) groups excluding carboxylic acids is 1. The summed E-state index contributed by atoms with van der Waals surface area (Å²) >= 11 is 1.50. The highest BCUT2D eigenvalue weighted by Crippen LogP contribution is 2.36. The first-order valence-electron chi connectivity index (χ1n) is 9.54. The van der Waals surface area contributed by atoms with E-state index in [1.54, 1.807) is 19.1 Å². The number of rotatable bonds is 7. The molecule has 0 N–H and O–H groups in total. The molecule has 1 saturated heterocycles. The van der Waals surface area contributed by atoms with Gasteiger partial charge in [0.15, 0.2) is 5.16 Å². The first-order valence-corrected chi connectivity index (χ1v) is 10.8. The average Bonchev–Trinajstić information content (AvgIpc) is 2.71. The Bertz CT molecular complexity index is 802. The van der Waals surface area contributed by atoms with Gasteiger partial charge in [0.1, 0.15) is 5.82 Å². The molecule has 1 atom stereocenters. The van der Waals surface area contributed by atoms with Gasteiger partial charge in [0.25, 0.3) is 0 Å². The second-order valence-corrected chi connectivity index (χ2v) is 7.93. The van der Waals surface area contributed by atoms with Gasteiger partial charge in [-0.1, -0.05) is 30.0 Å². The van der Waals surface area contributed by atoms with E-state index in [-0.39, 0.29) is 11.8 Å². The van der Waals surface area contributed by atoms with Crippen molar-refractivity contribution in [3.05, 3.63) is 53.6 Å². The highest BCUT2D eigenvalue weighted by atomic mass is 32.2. The summed E-state index contributed by atoms with van der Waals surface area (Å²) in [5.41, 5.74) is 0.824. The molecule has 0 bridgehead atoms. The molecule has 2 aromatic rings. The third-order valence-electron chi connectivity index (χ3n) is 5.12. The Balaban J connectivity index is 1.80. The van der Waals surface area contributed by atoms with Gasteiger partial charge >= 0.3 is 5.97 Å². The standard InChI is InChI=1S/C21H26FN3O2S/c1-3-27-19(26)21(11-17-7-4-5-8-18(17)22)9-6-10-25(15-21)14-16-12-23-20(28-2)24-13-16/h4-5,7-8,12-13H,3,6,9-11,14-15H2,1-2H3. The van der Waals surface area contributed by atoms with Gasteiger partial charge in [-0.2, -0.15) is 0 Å². The lowest BCUT2D eigenvalue weighted by atomic mass is 9.75. The fraction of sp³-hybridized carbons (Fsp3) is 0.476. The maximum absolute atomic E-state index is 14.3. The Morgan fingerprint density at radius 2 is 2.07 bits per heavy atom. The number of hydrogen-bond acceptors (Lipinski definition) is 6. The molecule has 3 rings (SSSR count). The predicted molar refractivity (Wildman–Crippen MR) is 107 cm³/mol. The summed E-state index contributed by atoms with van der Waals surface area (Å²) in [6, 6.07) is 6.67. The largest absolute Gasteiger partial charge is 0.466 e. The monoisotopic (exact) mass is 403 g/mol. The van der Waals surface area contributed by atoms with Crippen LogP contribution in [0.1, 0.15) is 30.9 Å². The van der Waals surface area contributed by atoms with Crippen molar-refractivity contribution >= 4 is 17.7 Å². The summed E-state index contributed by atoms with van der Waals surface area (Å²) in [7, 11) is 0. The number of hydrogen-bond donors (Lipinski definition) is 0. The molecule has 1 aliphatic rings. The zero-order valence-corrected chi connectivity index (χ0v) is 17.2. The molecule has 1 fully saturated rings. The molecule has 28 heavy (non-hydrogen) atoms. The van der Waals surface area contributed by atoms with Crippen LogP contribution in [0.5, 0.6) is 0 Å². The molecule has 1 aromatic heterocycles. The SMILES string of the molecule is CCOC(=O)C1(Cc2ccccc2F)CCCN(Cc2cnc(SC)nc2)C1. The molecule has 1 unspecified atom stereocenters. The Hall–Kier alpha value is -1.99. The summed E-state index contributed by atoms with van der Waals surface area (Å²) < 4.78 is 19.7. The van der Waals surface area contributed by atoms with Gasteiger partial charge in [-0.15, -0.1) is 0 Å². The van der Waals surface area contributed by atoms with Gasteiger partial charge in [-0.3, -0.25) is 9.69 Å². The third-order valence-corrected chi connectivity index (χ3v) is 5.70. The van der Waals surface area contributed by atoms with Gasteiger partial charge in [-0.05, 0) is 50.6 Å². The van der Waals surface area contributed by atoms with E-state index in [1.807, 2.05) is 24.7 Å². The fourth-order valence-corrected chi connectivity index (χ4v) is 4.14. The Kier molecular flexibility index (Phi) is 7.02. The molecule has 7 heteroatoms. The van der Waals surface area contributed by atoms with Crippen LogP contribution in [0, 0.1) is 11.2 Å². The zero-order valence-electron chi connectivity index (χ0n) is 16.4. The summed E-state index contributed by atoms with van der Waals surface area (Å²) in [4.78, 5) is 23.8. The lowest BCUT2D eigenvalue weighted by Gasteiger charge is -2.41. The fourth-order valence-electron chi connectivity index (χ4n) is 3.82. The van der Waals surface area contributed by atoms with E-state index >= 15 is 0 Å². The molecule has 1 aliphatic heterocycles. The number of thioether (sulfide) groups is 1. The second kappa shape index (κ2) is 9.47. The number of esters is 1. The minimum Gasteiger partial charge on any atom is -0.466 e. The van der Waals surface area contributed by atoms with E-state index in [2.05, 4.69) is 14.9 Å². The highest BCUT2D eigenvalue weighted by Gasteiger charge is 2.44. The molecule has 0 aliphatic carbocycles. The number of likely N-dealkylation sites (tertiary alicyclic amines) is 1. The average molecular weight is 404 g/mol. The minimum atomic E-state index is -0.740. The predicted octanol–water partition coefficient (Wildman–Crippen LogP) is 3.73. The van der Waals surface area contributed by atoms with Crippen LogP contribution < -0.4 is 0 Å². The topological polar surface area (TPSA) is 55.3 Å². The number of nitrogens with zero attached hydrogens (tertiary/aromatic N) is 3. The molecule has 1 aromatic carbocycles. The summed E-state index contributed by atoms with van der Waals surface area (Å²) in [5.74, 6) is -0.513. The molecule has 0 saturated carbocycles. The van der Waals surface area contributed by atoms with Crippen molar-refractivity contribution in [1.29, 1.82) is 0 Å². The van der Waals surface area contributed by atoms with E-state index < -0.39 is 5.41 Å². The van der Waals surface area contributed by atoms with Crippen LogP contribution in [0.15, 0.2) is 41.8 Å². The van der Waals surface area contributed by atoms with Crippen LogP contribution in [0.25, 0.3) is 0 Å². The van der Waals surface area contributed by atoms with Crippen molar-refractivity contribution in [3.8, 4) is 0 Å². The molecule has 2 heterocycles. The minimum absolute atomic E-state index is 0.239. The Morgan fingerprint density at radius 1 is 1.32 bits per heavy atom. The highest BCUT2D eigenvalue weighted by molar-refractivity contribution is 7.98. The summed E-state index contributed by atoms with van der Waals surface area (Å²) in [6.07, 6.45) is 7.50. The molecule has 0 radical (unpaired) electrons. The van der Waals surface area contributed by atoms with Crippen LogP contribution in [-0.4, -0.2) is 46.8 Å². The Morgan fingerprint density at radius 3 is 2.75 bits per heavy atom. The van der Waals surface area contributed by atoms with Crippen molar-refractivity contribution in [2.75, 3.05) is 26.0 Å². The van der Waals surface area contributed by atoms with Crippen LogP contribution in [0.2, 0.25) is 0 Å². The van der Waals surface area contributed by atoms with Crippen LogP contribution >= 0.6 is 11.8 Å². The number of ether oxygens (including phenoxy) is 1. The summed E-state index contributed by atoms with van der Waals surface area (Å²) in [5, 5.41) is 0.739. The zero-order chi connectivity index (χ0) is 20.0. The van der Waals surface area contributed by atoms with Crippen molar-refractivity contribution in [3.63, 3.8) is 0 Å². The molecule has 0 amide bonds. The van der Waals surface area contributed by atoms with Crippen molar-refractivity contribution < 1.29 is 13.9 Å². The van der Waals surface area contributed by atoms with Gasteiger partial charge in [0.05, 0.1) is 12.0 Å². The van der Waals surface area contributed by atoms with Crippen molar-refractivity contribution in [2.24, 2.45) is 5.41 Å². The maximum atomic E-state index is 14.3. The third kappa shape index (κ3) is 4.89. The van der Waals surface area contributed by atoms with Gasteiger partial charge in [0, 0.05) is 31.0 Å². The van der Waals surface area contributed by atoms with E-state index in [1.165, 1.54) is 17.8 Å². The first kappa shape index (κ1) is 20.7. The number of benzene rings is 1. The van der Waals surface area contributed by atoms with Crippen molar-refractivity contribution in [2.45, 2.75) is 37.9 Å². The lowest BCUT2D eigenvalue weighted by molar-refractivity contribution is -0.159. The van der Waals surface area contributed by atoms with E-state index in [0.717, 1.165) is 23.7 Å². The number of aromatic nitrogens is 2. The van der Waals surface area contributed by atoms with E-state index in [9.17, 15) is 9.18 Å². The molecule has 5 nitrogen and oxygen atoms in total.